The first-order valence-electron chi connectivity index (χ1n) is 8.26. The molecule has 1 fully saturated rings. The summed E-state index contributed by atoms with van der Waals surface area (Å²) in [5, 5.41) is 0. The Balaban J connectivity index is 0.00000441. The zero-order chi connectivity index (χ0) is 16.0. The summed E-state index contributed by atoms with van der Waals surface area (Å²) < 4.78 is 28.2. The van der Waals surface area contributed by atoms with Crippen molar-refractivity contribution in [3.8, 4) is 0 Å². The summed E-state index contributed by atoms with van der Waals surface area (Å²) in [6.07, 6.45) is 2.49. The molecule has 0 amide bonds. The van der Waals surface area contributed by atoms with E-state index < -0.39 is 8.25 Å². The normalized spacial score (nSPS) is 29.8. The zero-order valence-electron chi connectivity index (χ0n) is 15.0. The average molecular weight is 409 g/mol. The van der Waals surface area contributed by atoms with Gasteiger partial charge in [-0.1, -0.05) is 34.6 Å². The van der Waals surface area contributed by atoms with Crippen LogP contribution in [0.4, 0.5) is 0 Å². The van der Waals surface area contributed by atoms with Crippen LogP contribution < -0.4 is 0 Å². The van der Waals surface area contributed by atoms with E-state index in [1.54, 1.807) is 0 Å². The van der Waals surface area contributed by atoms with Crippen LogP contribution in [0.1, 0.15) is 54.4 Å². The molecule has 1 aliphatic heterocycles. The molecule has 1 rings (SSSR count). The van der Waals surface area contributed by atoms with Gasteiger partial charge in [-0.25, -0.2) is 0 Å². The van der Waals surface area contributed by atoms with Gasteiger partial charge in [-0.3, -0.25) is 4.57 Å². The second-order valence-electron chi connectivity index (χ2n) is 7.12. The van der Waals surface area contributed by atoms with Gasteiger partial charge < -0.3 is 13.8 Å². The third kappa shape index (κ3) is 8.35. The summed E-state index contributed by atoms with van der Waals surface area (Å²) in [7, 11) is -2.35. The van der Waals surface area contributed by atoms with Crippen molar-refractivity contribution in [1.82, 2.24) is 0 Å². The van der Waals surface area contributed by atoms with Crippen molar-refractivity contribution in [3.63, 3.8) is 0 Å². The molecule has 0 aliphatic carbocycles. The molecular formula is C16H33O4PY. The topological polar surface area (TPSA) is 44.8 Å². The van der Waals surface area contributed by atoms with Crippen LogP contribution in [-0.2, 0) is 51.1 Å². The van der Waals surface area contributed by atoms with Crippen LogP contribution in [0.2, 0.25) is 0 Å². The molecule has 1 aliphatic rings. The standard InChI is InChI=1S/C16H33O4P.Y/c1-11(2)9-15-13(5)14(6)20-16(15)7-8-18-21(17)19-10-12(3)4;/h11-16,21H,7-10H2,1-6H3;/t13-,14+,15?,16-;/m1./s1. The Morgan fingerprint density at radius 3 is 2.27 bits per heavy atom. The minimum atomic E-state index is -2.35. The molecule has 1 saturated heterocycles. The molecular weight excluding hydrogens is 376 g/mol. The Morgan fingerprint density at radius 2 is 1.73 bits per heavy atom. The summed E-state index contributed by atoms with van der Waals surface area (Å²) in [6, 6.07) is 0. The maximum Gasteiger partial charge on any atom is 0.319 e. The zero-order valence-corrected chi connectivity index (χ0v) is 18.8. The third-order valence-corrected chi connectivity index (χ3v) is 5.03. The van der Waals surface area contributed by atoms with Crippen molar-refractivity contribution >= 4 is 8.25 Å². The molecule has 0 saturated carbocycles. The van der Waals surface area contributed by atoms with Crippen molar-refractivity contribution in [3.05, 3.63) is 0 Å². The van der Waals surface area contributed by atoms with E-state index in [0.29, 0.717) is 43.0 Å². The van der Waals surface area contributed by atoms with Crippen molar-refractivity contribution in [2.24, 2.45) is 23.7 Å². The van der Waals surface area contributed by atoms with Gasteiger partial charge in [0.1, 0.15) is 0 Å². The van der Waals surface area contributed by atoms with Crippen molar-refractivity contribution in [2.45, 2.75) is 66.6 Å². The number of hydrogen-bond acceptors (Lipinski definition) is 4. The van der Waals surface area contributed by atoms with Gasteiger partial charge in [-0.2, -0.15) is 0 Å². The van der Waals surface area contributed by atoms with Crippen LogP contribution in [0, 0.1) is 23.7 Å². The summed E-state index contributed by atoms with van der Waals surface area (Å²) in [6.45, 7) is 13.9. The molecule has 0 N–H and O–H groups in total. The van der Waals surface area contributed by atoms with E-state index in [0.717, 1.165) is 6.42 Å². The van der Waals surface area contributed by atoms with Gasteiger partial charge in [0.15, 0.2) is 0 Å². The second kappa shape index (κ2) is 11.7. The summed E-state index contributed by atoms with van der Waals surface area (Å²) in [4.78, 5) is 0. The van der Waals surface area contributed by atoms with Crippen LogP contribution in [0.3, 0.4) is 0 Å². The summed E-state index contributed by atoms with van der Waals surface area (Å²) in [5.74, 6) is 2.19. The molecule has 0 bridgehead atoms. The molecule has 0 aromatic carbocycles. The van der Waals surface area contributed by atoms with E-state index in [1.165, 1.54) is 6.42 Å². The molecule has 0 aromatic heterocycles. The largest absolute Gasteiger partial charge is 0.375 e. The van der Waals surface area contributed by atoms with Gasteiger partial charge in [-0.15, -0.1) is 0 Å². The van der Waals surface area contributed by atoms with E-state index in [1.807, 2.05) is 13.8 Å². The SMILES string of the molecule is CC(C)CO[PH](=O)OCC[C@H]1O[C@@H](C)[C@@H](C)C1CC(C)C.[Y]. The van der Waals surface area contributed by atoms with Crippen LogP contribution in [0.25, 0.3) is 0 Å². The Hall–Kier alpha value is 1.21. The van der Waals surface area contributed by atoms with Crippen molar-refractivity contribution < 1.29 is 51.1 Å². The number of ether oxygens (including phenoxy) is 1. The molecule has 129 valence electrons. The van der Waals surface area contributed by atoms with E-state index in [2.05, 4.69) is 27.7 Å². The molecule has 1 radical (unpaired) electrons. The molecule has 2 unspecified atom stereocenters. The molecule has 0 spiro atoms. The van der Waals surface area contributed by atoms with Gasteiger partial charge in [-0.05, 0) is 43.4 Å². The van der Waals surface area contributed by atoms with Gasteiger partial charge in [0.05, 0.1) is 25.4 Å². The fraction of sp³-hybridized carbons (Fsp3) is 1.00. The maximum absolute atomic E-state index is 11.6. The van der Waals surface area contributed by atoms with Gasteiger partial charge in [0.25, 0.3) is 0 Å². The van der Waals surface area contributed by atoms with Crippen LogP contribution in [0.15, 0.2) is 0 Å². The predicted octanol–water partition coefficient (Wildman–Crippen LogP) is 4.54. The third-order valence-electron chi connectivity index (χ3n) is 4.18. The monoisotopic (exact) mass is 409 g/mol. The Bertz CT molecular complexity index is 325. The fourth-order valence-electron chi connectivity index (χ4n) is 2.91. The smallest absolute Gasteiger partial charge is 0.319 e. The van der Waals surface area contributed by atoms with Gasteiger partial charge >= 0.3 is 8.25 Å². The predicted molar refractivity (Wildman–Crippen MR) is 86.8 cm³/mol. The molecule has 4 nitrogen and oxygen atoms in total. The first-order valence-corrected chi connectivity index (χ1v) is 9.48. The average Bonchev–Trinajstić information content (AvgIpc) is 2.64. The van der Waals surface area contributed by atoms with Crippen LogP contribution in [-0.4, -0.2) is 25.4 Å². The summed E-state index contributed by atoms with van der Waals surface area (Å²) >= 11 is 0. The van der Waals surface area contributed by atoms with E-state index in [4.69, 9.17) is 13.8 Å². The Kier molecular flexibility index (Phi) is 12.4. The minimum Gasteiger partial charge on any atom is -0.375 e. The van der Waals surface area contributed by atoms with E-state index in [-0.39, 0.29) is 38.8 Å². The van der Waals surface area contributed by atoms with E-state index >= 15 is 0 Å². The van der Waals surface area contributed by atoms with Crippen LogP contribution >= 0.6 is 8.25 Å². The summed E-state index contributed by atoms with van der Waals surface area (Å²) in [5.41, 5.74) is 0. The molecule has 5 atom stereocenters. The van der Waals surface area contributed by atoms with Gasteiger partial charge in [0.2, 0.25) is 0 Å². The Morgan fingerprint density at radius 1 is 1.09 bits per heavy atom. The first kappa shape index (κ1) is 23.2. The Labute approximate surface area is 162 Å². The van der Waals surface area contributed by atoms with E-state index in [9.17, 15) is 4.57 Å². The van der Waals surface area contributed by atoms with Crippen molar-refractivity contribution in [2.75, 3.05) is 13.2 Å². The van der Waals surface area contributed by atoms with Crippen molar-refractivity contribution in [1.29, 1.82) is 0 Å². The first-order chi connectivity index (χ1) is 9.81. The van der Waals surface area contributed by atoms with Gasteiger partial charge in [0, 0.05) is 32.7 Å². The maximum atomic E-state index is 11.6. The number of hydrogen-bond donors (Lipinski definition) is 0. The quantitative estimate of drug-likeness (QED) is 0.525. The molecule has 22 heavy (non-hydrogen) atoms. The fourth-order valence-corrected chi connectivity index (χ4v) is 3.75. The number of rotatable bonds is 9. The second-order valence-corrected chi connectivity index (χ2v) is 8.20. The van der Waals surface area contributed by atoms with Crippen LogP contribution in [0.5, 0.6) is 0 Å². The molecule has 1 heterocycles. The molecule has 0 aromatic rings. The minimum absolute atomic E-state index is 0. The molecule has 6 heteroatoms.